The van der Waals surface area contributed by atoms with E-state index in [1.54, 1.807) is 12.1 Å². The van der Waals surface area contributed by atoms with Crippen LogP contribution in [0, 0.1) is 0 Å². The molecule has 1 heterocycles. The first-order valence-electron chi connectivity index (χ1n) is 5.87. The summed E-state index contributed by atoms with van der Waals surface area (Å²) in [7, 11) is 1.92. The third-order valence-corrected chi connectivity index (χ3v) is 3.23. The van der Waals surface area contributed by atoms with E-state index in [9.17, 15) is 8.78 Å². The van der Waals surface area contributed by atoms with Gasteiger partial charge in [-0.2, -0.15) is 0 Å². The van der Waals surface area contributed by atoms with Crippen molar-refractivity contribution in [2.75, 3.05) is 13.7 Å². The molecule has 2 rings (SSSR count). The first-order chi connectivity index (χ1) is 8.20. The summed E-state index contributed by atoms with van der Waals surface area (Å²) in [6, 6.07) is 6.93. The summed E-state index contributed by atoms with van der Waals surface area (Å²) in [4.78, 5) is 0. The first-order valence-corrected chi connectivity index (χ1v) is 5.87. The van der Waals surface area contributed by atoms with Crippen molar-refractivity contribution in [1.29, 1.82) is 0 Å². The summed E-state index contributed by atoms with van der Waals surface area (Å²) in [5, 5.41) is 3.21. The van der Waals surface area contributed by atoms with Gasteiger partial charge in [0.05, 0.1) is 6.10 Å². The maximum atomic E-state index is 12.6. The molecule has 0 amide bonds. The molecule has 0 aliphatic carbocycles. The van der Waals surface area contributed by atoms with Crippen LogP contribution in [-0.2, 0) is 4.74 Å². The van der Waals surface area contributed by atoms with E-state index >= 15 is 0 Å². The Bertz CT molecular complexity index is 370. The normalized spacial score (nSPS) is 25.2. The maximum Gasteiger partial charge on any atom is 0.263 e. The second-order valence-corrected chi connectivity index (χ2v) is 4.34. The molecule has 1 aromatic carbocycles. The van der Waals surface area contributed by atoms with E-state index in [1.165, 1.54) is 6.07 Å². The molecule has 2 nitrogen and oxygen atoms in total. The Morgan fingerprint density at radius 2 is 2.24 bits per heavy atom. The SMILES string of the molecule is CNC1CCOC(c2cccc(C(F)F)c2)C1. The van der Waals surface area contributed by atoms with Gasteiger partial charge in [0, 0.05) is 18.2 Å². The minimum atomic E-state index is -2.42. The van der Waals surface area contributed by atoms with Crippen LogP contribution in [0.3, 0.4) is 0 Å². The molecule has 0 spiro atoms. The van der Waals surface area contributed by atoms with Gasteiger partial charge in [-0.05, 0) is 31.5 Å². The molecule has 4 heteroatoms. The summed E-state index contributed by atoms with van der Waals surface area (Å²) in [6.07, 6.45) is -0.677. The summed E-state index contributed by atoms with van der Waals surface area (Å²) >= 11 is 0. The van der Waals surface area contributed by atoms with Crippen LogP contribution < -0.4 is 5.32 Å². The minimum absolute atomic E-state index is 0.0673. The van der Waals surface area contributed by atoms with Gasteiger partial charge in [0.15, 0.2) is 0 Å². The molecule has 94 valence electrons. The summed E-state index contributed by atoms with van der Waals surface area (Å²) < 4.78 is 30.9. The quantitative estimate of drug-likeness (QED) is 0.878. The number of hydrogen-bond donors (Lipinski definition) is 1. The van der Waals surface area contributed by atoms with E-state index in [0.717, 1.165) is 18.4 Å². The highest BCUT2D eigenvalue weighted by Gasteiger charge is 2.23. The molecule has 0 aromatic heterocycles. The van der Waals surface area contributed by atoms with Gasteiger partial charge in [0.1, 0.15) is 0 Å². The predicted molar refractivity (Wildman–Crippen MR) is 62.2 cm³/mol. The van der Waals surface area contributed by atoms with E-state index in [4.69, 9.17) is 4.74 Å². The van der Waals surface area contributed by atoms with Crippen molar-refractivity contribution in [3.05, 3.63) is 35.4 Å². The van der Waals surface area contributed by atoms with Crippen LogP contribution in [0.2, 0.25) is 0 Å². The van der Waals surface area contributed by atoms with Crippen LogP contribution in [0.1, 0.15) is 36.5 Å². The molecule has 0 bridgehead atoms. The lowest BCUT2D eigenvalue weighted by Crippen LogP contribution is -2.33. The third kappa shape index (κ3) is 3.01. The first kappa shape index (κ1) is 12.5. The highest BCUT2D eigenvalue weighted by molar-refractivity contribution is 5.26. The summed E-state index contributed by atoms with van der Waals surface area (Å²) in [5.74, 6) is 0. The van der Waals surface area contributed by atoms with Gasteiger partial charge >= 0.3 is 0 Å². The molecular weight excluding hydrogens is 224 g/mol. The Hall–Kier alpha value is -1.00. The zero-order valence-corrected chi connectivity index (χ0v) is 9.83. The Kier molecular flexibility index (Phi) is 4.07. The van der Waals surface area contributed by atoms with E-state index < -0.39 is 6.43 Å². The molecule has 1 fully saturated rings. The molecule has 1 aromatic rings. The number of ether oxygens (including phenoxy) is 1. The average Bonchev–Trinajstić information content (AvgIpc) is 2.39. The maximum absolute atomic E-state index is 12.6. The van der Waals surface area contributed by atoms with Crippen molar-refractivity contribution in [3.63, 3.8) is 0 Å². The highest BCUT2D eigenvalue weighted by atomic mass is 19.3. The summed E-state index contributed by atoms with van der Waals surface area (Å²) in [5.41, 5.74) is 0.917. The molecule has 2 unspecified atom stereocenters. The van der Waals surface area contributed by atoms with Gasteiger partial charge in [-0.25, -0.2) is 8.78 Å². The van der Waals surface area contributed by atoms with Crippen molar-refractivity contribution in [2.45, 2.75) is 31.4 Å². The zero-order chi connectivity index (χ0) is 12.3. The van der Waals surface area contributed by atoms with Crippen LogP contribution in [0.4, 0.5) is 8.78 Å². The summed E-state index contributed by atoms with van der Waals surface area (Å²) in [6.45, 7) is 0.676. The third-order valence-electron chi connectivity index (χ3n) is 3.23. The number of halogens is 2. The van der Waals surface area contributed by atoms with E-state index in [-0.39, 0.29) is 11.7 Å². The fourth-order valence-electron chi connectivity index (χ4n) is 2.19. The molecule has 0 saturated carbocycles. The van der Waals surface area contributed by atoms with Gasteiger partial charge in [0.25, 0.3) is 6.43 Å². The standard InChI is InChI=1S/C13H17F2NO/c1-16-11-5-6-17-12(8-11)9-3-2-4-10(7-9)13(14)15/h2-4,7,11-13,16H,5-6,8H2,1H3. The Morgan fingerprint density at radius 1 is 1.41 bits per heavy atom. The average molecular weight is 241 g/mol. The smallest absolute Gasteiger partial charge is 0.263 e. The van der Waals surface area contributed by atoms with Crippen molar-refractivity contribution in [2.24, 2.45) is 0 Å². The number of rotatable bonds is 3. The molecule has 1 aliphatic heterocycles. The molecule has 2 atom stereocenters. The van der Waals surface area contributed by atoms with Crippen LogP contribution in [-0.4, -0.2) is 19.7 Å². The molecule has 1 saturated heterocycles. The lowest BCUT2D eigenvalue weighted by molar-refractivity contribution is 0.00138. The topological polar surface area (TPSA) is 21.3 Å². The van der Waals surface area contributed by atoms with Gasteiger partial charge in [0.2, 0.25) is 0 Å². The monoisotopic (exact) mass is 241 g/mol. The molecule has 0 radical (unpaired) electrons. The number of alkyl halides is 2. The molecule has 1 aliphatic rings. The van der Waals surface area contributed by atoms with Crippen LogP contribution >= 0.6 is 0 Å². The van der Waals surface area contributed by atoms with Crippen LogP contribution in [0.5, 0.6) is 0 Å². The lowest BCUT2D eigenvalue weighted by Gasteiger charge is -2.29. The minimum Gasteiger partial charge on any atom is -0.373 e. The van der Waals surface area contributed by atoms with Gasteiger partial charge < -0.3 is 10.1 Å². The fraction of sp³-hybridized carbons (Fsp3) is 0.538. The Morgan fingerprint density at radius 3 is 2.94 bits per heavy atom. The fourth-order valence-corrected chi connectivity index (χ4v) is 2.19. The Labute approximate surface area is 100.0 Å². The number of benzene rings is 1. The van der Waals surface area contributed by atoms with Crippen LogP contribution in [0.25, 0.3) is 0 Å². The van der Waals surface area contributed by atoms with Crippen LogP contribution in [0.15, 0.2) is 24.3 Å². The van der Waals surface area contributed by atoms with Gasteiger partial charge in [-0.3, -0.25) is 0 Å². The van der Waals surface area contributed by atoms with Crippen molar-refractivity contribution in [1.82, 2.24) is 5.32 Å². The molecule has 1 N–H and O–H groups in total. The predicted octanol–water partition coefficient (Wildman–Crippen LogP) is 3.06. The lowest BCUT2D eigenvalue weighted by atomic mass is 9.96. The molecular formula is C13H17F2NO. The van der Waals surface area contributed by atoms with E-state index in [1.807, 2.05) is 13.1 Å². The number of hydrogen-bond acceptors (Lipinski definition) is 2. The number of nitrogens with one attached hydrogen (secondary N) is 1. The molecule has 17 heavy (non-hydrogen) atoms. The second kappa shape index (κ2) is 5.56. The largest absolute Gasteiger partial charge is 0.373 e. The van der Waals surface area contributed by atoms with E-state index in [0.29, 0.717) is 12.6 Å². The zero-order valence-electron chi connectivity index (χ0n) is 9.83. The Balaban J connectivity index is 2.13. The van der Waals surface area contributed by atoms with Gasteiger partial charge in [-0.1, -0.05) is 18.2 Å². The van der Waals surface area contributed by atoms with Crippen molar-refractivity contribution < 1.29 is 13.5 Å². The second-order valence-electron chi connectivity index (χ2n) is 4.34. The van der Waals surface area contributed by atoms with E-state index in [2.05, 4.69) is 5.32 Å². The van der Waals surface area contributed by atoms with Gasteiger partial charge in [-0.15, -0.1) is 0 Å². The van der Waals surface area contributed by atoms with Crippen molar-refractivity contribution >= 4 is 0 Å². The van der Waals surface area contributed by atoms with Crippen molar-refractivity contribution in [3.8, 4) is 0 Å². The highest BCUT2D eigenvalue weighted by Crippen LogP contribution is 2.30.